The van der Waals surface area contributed by atoms with E-state index in [-0.39, 0.29) is 0 Å². The zero-order valence-corrected chi connectivity index (χ0v) is 8.03. The third kappa shape index (κ3) is 1.02. The Bertz CT molecular complexity index is 467. The molecule has 0 N–H and O–H groups in total. The molecule has 0 unspecified atom stereocenters. The van der Waals surface area contributed by atoms with Crippen LogP contribution >= 0.6 is 0 Å². The quantitative estimate of drug-likeness (QED) is 0.591. The van der Waals surface area contributed by atoms with Crippen LogP contribution in [-0.4, -0.2) is 24.8 Å². The SMILES string of the molecule is O=C1C(=O)N2CCCOc3cccc1c32. The van der Waals surface area contributed by atoms with E-state index in [1.165, 1.54) is 4.90 Å². The molecule has 0 saturated carbocycles. The van der Waals surface area contributed by atoms with Gasteiger partial charge in [-0.25, -0.2) is 0 Å². The molecule has 4 nitrogen and oxygen atoms in total. The predicted molar refractivity (Wildman–Crippen MR) is 53.2 cm³/mol. The first-order chi connectivity index (χ1) is 7.29. The lowest BCUT2D eigenvalue weighted by molar-refractivity contribution is -0.114. The molecule has 0 radical (unpaired) electrons. The molecule has 0 spiro atoms. The van der Waals surface area contributed by atoms with Crippen LogP contribution in [0.25, 0.3) is 0 Å². The van der Waals surface area contributed by atoms with Crippen LogP contribution in [0.5, 0.6) is 5.75 Å². The lowest BCUT2D eigenvalue weighted by atomic mass is 10.1. The second kappa shape index (κ2) is 2.82. The van der Waals surface area contributed by atoms with Crippen LogP contribution in [0, 0.1) is 0 Å². The maximum Gasteiger partial charge on any atom is 0.299 e. The van der Waals surface area contributed by atoms with Crippen molar-refractivity contribution >= 4 is 17.4 Å². The minimum atomic E-state index is -0.428. The number of para-hydroxylation sites is 1. The van der Waals surface area contributed by atoms with Gasteiger partial charge in [-0.1, -0.05) is 6.07 Å². The highest BCUT2D eigenvalue weighted by Crippen LogP contribution is 2.39. The molecule has 0 aliphatic carbocycles. The van der Waals surface area contributed by atoms with Crippen LogP contribution in [0.15, 0.2) is 18.2 Å². The van der Waals surface area contributed by atoms with Gasteiger partial charge in [0.2, 0.25) is 0 Å². The number of hydrogen-bond donors (Lipinski definition) is 0. The molecule has 15 heavy (non-hydrogen) atoms. The van der Waals surface area contributed by atoms with E-state index in [4.69, 9.17) is 4.74 Å². The van der Waals surface area contributed by atoms with Gasteiger partial charge in [0.05, 0.1) is 17.9 Å². The molecule has 0 fully saturated rings. The summed E-state index contributed by atoms with van der Waals surface area (Å²) >= 11 is 0. The molecule has 4 heteroatoms. The van der Waals surface area contributed by atoms with Gasteiger partial charge >= 0.3 is 0 Å². The van der Waals surface area contributed by atoms with Crippen LogP contribution < -0.4 is 9.64 Å². The second-order valence-electron chi connectivity index (χ2n) is 3.64. The van der Waals surface area contributed by atoms with Crippen molar-refractivity contribution in [3.05, 3.63) is 23.8 Å². The predicted octanol–water partition coefficient (Wildman–Crippen LogP) is 0.998. The fraction of sp³-hybridized carbons (Fsp3) is 0.273. The Balaban J connectivity index is 2.27. The molecule has 0 aromatic heterocycles. The lowest BCUT2D eigenvalue weighted by Crippen LogP contribution is -2.30. The molecular formula is C11H9NO3. The summed E-state index contributed by atoms with van der Waals surface area (Å²) in [5, 5.41) is 0. The maximum atomic E-state index is 11.7. The number of anilines is 1. The van der Waals surface area contributed by atoms with Crippen LogP contribution in [-0.2, 0) is 4.79 Å². The van der Waals surface area contributed by atoms with Gasteiger partial charge in [-0.15, -0.1) is 0 Å². The molecule has 2 aliphatic heterocycles. The van der Waals surface area contributed by atoms with E-state index in [0.29, 0.717) is 30.2 Å². The third-order valence-electron chi connectivity index (χ3n) is 2.74. The Morgan fingerprint density at radius 1 is 1.27 bits per heavy atom. The standard InChI is InChI=1S/C11H9NO3/c13-10-7-3-1-4-8-9(7)12(11(10)14)5-2-6-15-8/h1,3-4H,2,5-6H2. The number of carbonyl (C=O) groups excluding carboxylic acids is 2. The van der Waals surface area contributed by atoms with E-state index < -0.39 is 11.7 Å². The zero-order valence-electron chi connectivity index (χ0n) is 8.03. The van der Waals surface area contributed by atoms with Crippen molar-refractivity contribution in [2.45, 2.75) is 6.42 Å². The number of carbonyl (C=O) groups is 2. The Kier molecular flexibility index (Phi) is 1.59. The molecule has 76 valence electrons. The fourth-order valence-electron chi connectivity index (χ4n) is 2.06. The number of nitrogens with zero attached hydrogens (tertiary/aromatic N) is 1. The molecule has 1 amide bonds. The van der Waals surface area contributed by atoms with Crippen LogP contribution in [0.3, 0.4) is 0 Å². The number of rotatable bonds is 0. The molecule has 0 atom stereocenters. The number of hydrogen-bond acceptors (Lipinski definition) is 3. The summed E-state index contributed by atoms with van der Waals surface area (Å²) in [6, 6.07) is 5.21. The van der Waals surface area contributed by atoms with E-state index in [1.807, 2.05) is 0 Å². The maximum absolute atomic E-state index is 11.7. The van der Waals surface area contributed by atoms with E-state index in [2.05, 4.69) is 0 Å². The minimum Gasteiger partial charge on any atom is -0.491 e. The van der Waals surface area contributed by atoms with Crippen molar-refractivity contribution in [2.24, 2.45) is 0 Å². The monoisotopic (exact) mass is 203 g/mol. The molecule has 2 aliphatic rings. The number of ketones is 1. The normalized spacial score (nSPS) is 18.5. The van der Waals surface area contributed by atoms with Crippen molar-refractivity contribution in [3.8, 4) is 5.75 Å². The summed E-state index contributed by atoms with van der Waals surface area (Å²) in [6.07, 6.45) is 0.757. The summed E-state index contributed by atoms with van der Waals surface area (Å²) in [6.45, 7) is 1.16. The number of ether oxygens (including phenoxy) is 1. The fourth-order valence-corrected chi connectivity index (χ4v) is 2.06. The van der Waals surface area contributed by atoms with Gasteiger partial charge in [0.1, 0.15) is 5.75 Å². The van der Waals surface area contributed by atoms with Gasteiger partial charge in [-0.3, -0.25) is 9.59 Å². The molecule has 0 saturated heterocycles. The van der Waals surface area contributed by atoms with Gasteiger partial charge in [0.25, 0.3) is 11.7 Å². The minimum absolute atomic E-state index is 0.419. The Hall–Kier alpha value is -1.84. The molecular weight excluding hydrogens is 194 g/mol. The van der Waals surface area contributed by atoms with Crippen LogP contribution in [0.4, 0.5) is 5.69 Å². The highest BCUT2D eigenvalue weighted by molar-refractivity contribution is 6.52. The van der Waals surface area contributed by atoms with E-state index in [1.54, 1.807) is 18.2 Å². The van der Waals surface area contributed by atoms with Gasteiger partial charge < -0.3 is 9.64 Å². The van der Waals surface area contributed by atoms with Crippen molar-refractivity contribution in [1.29, 1.82) is 0 Å². The molecule has 1 aromatic rings. The molecule has 2 heterocycles. The topological polar surface area (TPSA) is 46.6 Å². The van der Waals surface area contributed by atoms with Crippen LogP contribution in [0.2, 0.25) is 0 Å². The number of amides is 1. The number of benzene rings is 1. The summed E-state index contributed by atoms with van der Waals surface area (Å²) in [5.74, 6) is -0.204. The molecule has 1 aromatic carbocycles. The third-order valence-corrected chi connectivity index (χ3v) is 2.74. The first kappa shape index (κ1) is 8.47. The summed E-state index contributed by atoms with van der Waals surface area (Å²) < 4.78 is 5.49. The number of Topliss-reactive ketones (excluding diaryl/α,β-unsaturated/α-hetero) is 1. The van der Waals surface area contributed by atoms with Gasteiger partial charge in [0.15, 0.2) is 0 Å². The van der Waals surface area contributed by atoms with Gasteiger partial charge in [-0.2, -0.15) is 0 Å². The van der Waals surface area contributed by atoms with Gasteiger partial charge in [-0.05, 0) is 18.6 Å². The Morgan fingerprint density at radius 2 is 2.13 bits per heavy atom. The summed E-state index contributed by atoms with van der Waals surface area (Å²) in [7, 11) is 0. The second-order valence-corrected chi connectivity index (χ2v) is 3.64. The Labute approximate surface area is 86.4 Å². The highest BCUT2D eigenvalue weighted by atomic mass is 16.5. The molecule has 3 rings (SSSR count). The smallest absolute Gasteiger partial charge is 0.299 e. The van der Waals surface area contributed by atoms with E-state index in [9.17, 15) is 9.59 Å². The average molecular weight is 203 g/mol. The van der Waals surface area contributed by atoms with E-state index >= 15 is 0 Å². The van der Waals surface area contributed by atoms with Crippen molar-refractivity contribution < 1.29 is 14.3 Å². The van der Waals surface area contributed by atoms with Crippen LogP contribution in [0.1, 0.15) is 16.8 Å². The summed E-state index contributed by atoms with van der Waals surface area (Å²) in [4.78, 5) is 24.8. The van der Waals surface area contributed by atoms with E-state index in [0.717, 1.165) is 6.42 Å². The zero-order chi connectivity index (χ0) is 10.4. The van der Waals surface area contributed by atoms with Gasteiger partial charge in [0, 0.05) is 6.54 Å². The average Bonchev–Trinajstić information content (AvgIpc) is 2.45. The first-order valence-corrected chi connectivity index (χ1v) is 4.91. The first-order valence-electron chi connectivity index (χ1n) is 4.91. The summed E-state index contributed by atoms with van der Waals surface area (Å²) in [5.41, 5.74) is 1.13. The van der Waals surface area contributed by atoms with Crippen molar-refractivity contribution in [3.63, 3.8) is 0 Å². The highest BCUT2D eigenvalue weighted by Gasteiger charge is 2.38. The molecule has 0 bridgehead atoms. The largest absolute Gasteiger partial charge is 0.491 e. The Morgan fingerprint density at radius 3 is 3.00 bits per heavy atom. The van der Waals surface area contributed by atoms with Crippen molar-refractivity contribution in [2.75, 3.05) is 18.1 Å². The van der Waals surface area contributed by atoms with Crippen molar-refractivity contribution in [1.82, 2.24) is 0 Å². The lowest BCUT2D eigenvalue weighted by Gasteiger charge is -2.13.